The summed E-state index contributed by atoms with van der Waals surface area (Å²) in [6.07, 6.45) is 7.53. The Morgan fingerprint density at radius 1 is 0.909 bits per heavy atom. The maximum atomic E-state index is 12.5. The summed E-state index contributed by atoms with van der Waals surface area (Å²) >= 11 is 0. The van der Waals surface area contributed by atoms with E-state index in [2.05, 4.69) is 103 Å². The van der Waals surface area contributed by atoms with Crippen LogP contribution in [0.15, 0.2) is 59.6 Å². The van der Waals surface area contributed by atoms with Gasteiger partial charge in [-0.3, -0.25) is 4.99 Å². The molecular formula is C39H70FN3O. The van der Waals surface area contributed by atoms with Crippen LogP contribution in [0.1, 0.15) is 131 Å². The van der Waals surface area contributed by atoms with Crippen molar-refractivity contribution in [1.29, 1.82) is 5.26 Å². The van der Waals surface area contributed by atoms with Gasteiger partial charge in [-0.1, -0.05) is 136 Å². The van der Waals surface area contributed by atoms with Crippen LogP contribution in [0.5, 0.6) is 0 Å². The van der Waals surface area contributed by atoms with Crippen molar-refractivity contribution in [3.8, 4) is 6.07 Å². The number of carbonyl (C=O) groups excluding carboxylic acids is 1. The van der Waals surface area contributed by atoms with E-state index in [1.165, 1.54) is 60.9 Å². The van der Waals surface area contributed by atoms with Crippen LogP contribution in [0, 0.1) is 31.0 Å². The first kappa shape index (κ1) is 53.5. The van der Waals surface area contributed by atoms with Crippen molar-refractivity contribution in [3.63, 3.8) is 0 Å². The minimum absolute atomic E-state index is 0.111. The normalized spacial score (nSPS) is 9.39. The second-order valence-electron chi connectivity index (χ2n) is 9.80. The van der Waals surface area contributed by atoms with Crippen LogP contribution in [0.25, 0.3) is 0 Å². The van der Waals surface area contributed by atoms with Gasteiger partial charge in [0.25, 0.3) is 0 Å². The van der Waals surface area contributed by atoms with Gasteiger partial charge in [0.1, 0.15) is 18.7 Å². The van der Waals surface area contributed by atoms with E-state index in [4.69, 9.17) is 10.1 Å². The highest BCUT2D eigenvalue weighted by Gasteiger charge is 1.98. The number of aryl methyl sites for hydroxylation is 2. The van der Waals surface area contributed by atoms with Gasteiger partial charge in [0.05, 0.1) is 5.56 Å². The largest absolute Gasteiger partial charge is 0.312 e. The summed E-state index contributed by atoms with van der Waals surface area (Å²) in [5.74, 6) is -0.451. The Balaban J connectivity index is -0.000000101. The highest BCUT2D eigenvalue weighted by atomic mass is 19.1. The lowest BCUT2D eigenvalue weighted by Gasteiger charge is -2.06. The fourth-order valence-electron chi connectivity index (χ4n) is 2.30. The van der Waals surface area contributed by atoms with Crippen molar-refractivity contribution in [3.05, 3.63) is 82.7 Å². The summed E-state index contributed by atoms with van der Waals surface area (Å²) in [4.78, 5) is 12.0. The van der Waals surface area contributed by atoms with E-state index >= 15 is 0 Å². The van der Waals surface area contributed by atoms with Crippen molar-refractivity contribution in [2.75, 3.05) is 14.1 Å². The molecule has 5 heteroatoms. The van der Waals surface area contributed by atoms with E-state index < -0.39 is 5.82 Å². The van der Waals surface area contributed by atoms with E-state index in [0.717, 1.165) is 17.7 Å². The highest BCUT2D eigenvalue weighted by molar-refractivity contribution is 5.86. The molecule has 0 aliphatic heterocycles. The van der Waals surface area contributed by atoms with E-state index in [0.29, 0.717) is 6.04 Å². The Morgan fingerprint density at radius 3 is 1.61 bits per heavy atom. The molecule has 1 atom stereocenters. The Labute approximate surface area is 274 Å². The summed E-state index contributed by atoms with van der Waals surface area (Å²) in [6.45, 7) is 32.9. The molecule has 2 aromatic carbocycles. The van der Waals surface area contributed by atoms with Crippen molar-refractivity contribution in [2.24, 2.45) is 4.99 Å². The third kappa shape index (κ3) is 43.4. The predicted molar refractivity (Wildman–Crippen MR) is 199 cm³/mol. The zero-order chi connectivity index (χ0) is 35.9. The van der Waals surface area contributed by atoms with Crippen LogP contribution >= 0.6 is 0 Å². The van der Waals surface area contributed by atoms with Gasteiger partial charge in [0.2, 0.25) is 0 Å². The Bertz CT molecular complexity index is 941. The van der Waals surface area contributed by atoms with Crippen LogP contribution in [0.4, 0.5) is 4.39 Å². The molecule has 44 heavy (non-hydrogen) atoms. The number of nitrogens with zero attached hydrogens (tertiary/aromatic N) is 2. The molecule has 1 N–H and O–H groups in total. The van der Waals surface area contributed by atoms with Gasteiger partial charge < -0.3 is 10.1 Å². The van der Waals surface area contributed by atoms with Crippen LogP contribution < -0.4 is 5.32 Å². The second-order valence-corrected chi connectivity index (χ2v) is 9.80. The molecule has 254 valence electrons. The van der Waals surface area contributed by atoms with Crippen molar-refractivity contribution >= 4 is 12.5 Å². The molecule has 0 saturated carbocycles. The van der Waals surface area contributed by atoms with Crippen LogP contribution in [0.3, 0.4) is 0 Å². The van der Waals surface area contributed by atoms with Gasteiger partial charge in [-0.2, -0.15) is 5.26 Å². The number of hydrogen-bond acceptors (Lipinski definition) is 4. The maximum Gasteiger partial charge on any atom is 0.140 e. The molecule has 0 bridgehead atoms. The number of carbonyl (C=O) groups is 1. The standard InChI is InChI=1S/C11H14.C8H6FN.C6H14N2.2C4H10.C3H8.C2H6.CH2O/c1-9(2)7-11-6-4-5-10(3)8-11;1-6-2-3-8(9)7(4-6)5-10;1-5(7-3)6(2)8-4;2*1-3-4-2;1-3-2;2*1-2/h4-6,8H,1,7H2,2-3H3;2-4H,1H3;5,7H,1-4H3;2*3-4H2,1-2H3;3H2,1-2H3;1-2H3;1H2/t;;5-;;;;;/m..1...../s1. The average Bonchev–Trinajstić information content (AvgIpc) is 3.04. The first-order valence-corrected chi connectivity index (χ1v) is 16.1. The first-order chi connectivity index (χ1) is 20.9. The number of rotatable bonds is 6. The monoisotopic (exact) mass is 616 g/mol. The molecule has 0 radical (unpaired) electrons. The van der Waals surface area contributed by atoms with Gasteiger partial charge in [-0.15, -0.1) is 0 Å². The molecule has 0 unspecified atom stereocenters. The molecule has 0 aliphatic rings. The predicted octanol–water partition coefficient (Wildman–Crippen LogP) is 11.7. The lowest BCUT2D eigenvalue weighted by atomic mass is 10.1. The van der Waals surface area contributed by atoms with Crippen molar-refractivity contribution in [1.82, 2.24) is 5.32 Å². The molecule has 0 saturated heterocycles. The molecule has 0 aliphatic carbocycles. The average molecular weight is 616 g/mol. The summed E-state index contributed by atoms with van der Waals surface area (Å²) in [5.41, 5.74) is 6.06. The second kappa shape index (κ2) is 44.3. The molecule has 4 nitrogen and oxygen atoms in total. The van der Waals surface area contributed by atoms with Crippen molar-refractivity contribution < 1.29 is 9.18 Å². The van der Waals surface area contributed by atoms with E-state index in [-0.39, 0.29) is 5.56 Å². The minimum atomic E-state index is -0.451. The molecule has 0 fully saturated rings. The summed E-state index contributed by atoms with van der Waals surface area (Å²) in [6, 6.07) is 15.2. The Hall–Kier alpha value is -3.10. The van der Waals surface area contributed by atoms with Crippen molar-refractivity contribution in [2.45, 2.75) is 135 Å². The number of allylic oxidation sites excluding steroid dienone is 1. The smallest absolute Gasteiger partial charge is 0.140 e. The van der Waals surface area contributed by atoms with Gasteiger partial charge in [0.15, 0.2) is 0 Å². The summed E-state index contributed by atoms with van der Waals surface area (Å²) < 4.78 is 12.5. The van der Waals surface area contributed by atoms with Gasteiger partial charge in [-0.05, 0) is 71.3 Å². The number of hydrogen-bond donors (Lipinski definition) is 1. The van der Waals surface area contributed by atoms with E-state index in [1.54, 1.807) is 12.1 Å². The van der Waals surface area contributed by atoms with Crippen LogP contribution in [-0.2, 0) is 11.2 Å². The molecule has 2 rings (SSSR count). The van der Waals surface area contributed by atoms with E-state index in [1.807, 2.05) is 48.6 Å². The van der Waals surface area contributed by atoms with E-state index in [9.17, 15) is 4.39 Å². The number of aliphatic imine (C=N–C) groups is 1. The third-order valence-corrected chi connectivity index (χ3v) is 5.24. The molecule has 0 spiro atoms. The zero-order valence-electron chi connectivity index (χ0n) is 31.5. The minimum Gasteiger partial charge on any atom is -0.312 e. The Morgan fingerprint density at radius 2 is 1.34 bits per heavy atom. The molecule has 2 aromatic rings. The molecule has 0 aromatic heterocycles. The fourth-order valence-corrected chi connectivity index (χ4v) is 2.30. The first-order valence-electron chi connectivity index (χ1n) is 16.1. The fraction of sp³-hybridized carbons (Fsp3) is 0.564. The summed E-state index contributed by atoms with van der Waals surface area (Å²) in [7, 11) is 3.74. The number of unbranched alkanes of at least 4 members (excludes halogenated alkanes) is 2. The quantitative estimate of drug-likeness (QED) is 0.260. The van der Waals surface area contributed by atoms with Gasteiger partial charge in [0, 0.05) is 18.8 Å². The Kier molecular flexibility index (Phi) is 53.9. The summed E-state index contributed by atoms with van der Waals surface area (Å²) in [5, 5.41) is 11.4. The lowest BCUT2D eigenvalue weighted by molar-refractivity contribution is -0.0980. The SMILES string of the molecule is C=C(C)Cc1cccc(C)c1.C=O.CC.CCC.CCCC.CCCC.CN=C(C)[C@@H](C)NC.Cc1ccc(F)c(C#N)c1. The number of benzene rings is 2. The van der Waals surface area contributed by atoms with Crippen LogP contribution in [0.2, 0.25) is 0 Å². The van der Waals surface area contributed by atoms with Gasteiger partial charge in [-0.25, -0.2) is 4.39 Å². The van der Waals surface area contributed by atoms with Crippen LogP contribution in [-0.4, -0.2) is 32.6 Å². The third-order valence-electron chi connectivity index (χ3n) is 5.24. The lowest BCUT2D eigenvalue weighted by Crippen LogP contribution is -2.28. The molecule has 0 heterocycles. The molecule has 0 amide bonds. The number of nitriles is 1. The highest BCUT2D eigenvalue weighted by Crippen LogP contribution is 2.08. The maximum absolute atomic E-state index is 12.5. The zero-order valence-corrected chi connectivity index (χ0v) is 31.5. The number of halogens is 1. The van der Waals surface area contributed by atoms with Gasteiger partial charge >= 0.3 is 0 Å². The number of nitrogens with one attached hydrogen (secondary N) is 1. The topological polar surface area (TPSA) is 65.2 Å². The molecular weight excluding hydrogens is 545 g/mol.